The lowest BCUT2D eigenvalue weighted by Gasteiger charge is -2.31. The Morgan fingerprint density at radius 3 is 2.75 bits per heavy atom. The number of likely N-dealkylation sites (N-methyl/N-ethyl adjacent to an activating group) is 1. The first-order valence-corrected chi connectivity index (χ1v) is 5.53. The van der Waals surface area contributed by atoms with Crippen LogP contribution in [0.5, 0.6) is 0 Å². The minimum Gasteiger partial charge on any atom is -0.339 e. The van der Waals surface area contributed by atoms with Gasteiger partial charge in [-0.05, 0) is 12.8 Å². The monoisotopic (exact) mass is 170 g/mol. The summed E-state index contributed by atoms with van der Waals surface area (Å²) in [5, 5.41) is 2.58. The van der Waals surface area contributed by atoms with Gasteiger partial charge in [-0.3, -0.25) is 0 Å². The third kappa shape index (κ3) is 1.64. The molecule has 0 aromatic carbocycles. The summed E-state index contributed by atoms with van der Waals surface area (Å²) < 4.78 is 0. The van der Waals surface area contributed by atoms with Crippen molar-refractivity contribution in [2.45, 2.75) is 44.2 Å². The van der Waals surface area contributed by atoms with Gasteiger partial charge < -0.3 is 10.2 Å². The lowest BCUT2D eigenvalue weighted by atomic mass is 9.95. The zero-order chi connectivity index (χ0) is 8.39. The Kier molecular flexibility index (Phi) is 2.66. The van der Waals surface area contributed by atoms with Gasteiger partial charge in [0.15, 0.2) is 0 Å². The molecule has 3 atom stereocenters. The number of nitrogens with two attached hydrogens (primary N) is 1. The fourth-order valence-corrected chi connectivity index (χ4v) is 2.95. The second-order valence-electron chi connectivity index (χ2n) is 4.53. The Morgan fingerprint density at radius 1 is 1.17 bits per heavy atom. The highest BCUT2D eigenvalue weighted by atomic mass is 15.2. The third-order valence-corrected chi connectivity index (χ3v) is 3.70. The maximum Gasteiger partial charge on any atom is 0.140 e. The quantitative estimate of drug-likeness (QED) is 0.492. The van der Waals surface area contributed by atoms with Crippen molar-refractivity contribution in [3.8, 4) is 0 Å². The average Bonchev–Trinajstić information content (AvgIpc) is 2.57. The van der Waals surface area contributed by atoms with Gasteiger partial charge in [0, 0.05) is 19.3 Å². The largest absolute Gasteiger partial charge is 0.339 e. The molecule has 2 heteroatoms. The second kappa shape index (κ2) is 3.75. The van der Waals surface area contributed by atoms with Gasteiger partial charge in [0.25, 0.3) is 0 Å². The maximum absolute atomic E-state index is 2.58. The van der Waals surface area contributed by atoms with Crippen molar-refractivity contribution in [3.63, 3.8) is 0 Å². The van der Waals surface area contributed by atoms with Crippen LogP contribution in [0.4, 0.5) is 0 Å². The van der Waals surface area contributed by atoms with Gasteiger partial charge in [-0.1, -0.05) is 0 Å². The number of quaternary nitrogens is 2. The van der Waals surface area contributed by atoms with Gasteiger partial charge in [-0.15, -0.1) is 0 Å². The molecule has 0 spiro atoms. The van der Waals surface area contributed by atoms with E-state index in [1.165, 1.54) is 45.2 Å². The molecule has 12 heavy (non-hydrogen) atoms. The molecule has 0 aliphatic carbocycles. The van der Waals surface area contributed by atoms with Crippen LogP contribution in [0.3, 0.4) is 0 Å². The Morgan fingerprint density at radius 2 is 2.08 bits per heavy atom. The molecule has 0 aromatic heterocycles. The summed E-state index contributed by atoms with van der Waals surface area (Å²) in [7, 11) is 2.38. The van der Waals surface area contributed by atoms with Crippen LogP contribution in [0.25, 0.3) is 0 Å². The van der Waals surface area contributed by atoms with Crippen molar-refractivity contribution >= 4 is 0 Å². The van der Waals surface area contributed by atoms with E-state index in [1.807, 2.05) is 0 Å². The van der Waals surface area contributed by atoms with E-state index in [1.54, 1.807) is 4.90 Å². The summed E-state index contributed by atoms with van der Waals surface area (Å²) >= 11 is 0. The minimum absolute atomic E-state index is 0.963. The number of hydrogen-bond donors (Lipinski definition) is 2. The Labute approximate surface area is 75.3 Å². The van der Waals surface area contributed by atoms with E-state index in [2.05, 4.69) is 12.4 Å². The van der Waals surface area contributed by atoms with E-state index in [0.717, 1.165) is 12.1 Å². The molecule has 0 saturated carbocycles. The fraction of sp³-hybridized carbons (Fsp3) is 1.00. The predicted octanol–water partition coefficient (Wildman–Crippen LogP) is -1.22. The molecule has 2 aliphatic rings. The second-order valence-corrected chi connectivity index (χ2v) is 4.53. The molecule has 70 valence electrons. The van der Waals surface area contributed by atoms with Gasteiger partial charge in [0.1, 0.15) is 12.1 Å². The molecular weight excluding hydrogens is 148 g/mol. The molecule has 2 rings (SSSR count). The van der Waals surface area contributed by atoms with Crippen molar-refractivity contribution in [2.75, 3.05) is 20.1 Å². The number of hydrogen-bond acceptors (Lipinski definition) is 0. The van der Waals surface area contributed by atoms with Crippen molar-refractivity contribution in [2.24, 2.45) is 0 Å². The summed E-state index contributed by atoms with van der Waals surface area (Å²) in [5.41, 5.74) is 0. The SMILES string of the molecule is C[NH+]1CCCC[C@H]1[C@@H]1CCC[NH2+]1. The van der Waals surface area contributed by atoms with E-state index in [0.29, 0.717) is 0 Å². The zero-order valence-electron chi connectivity index (χ0n) is 8.18. The predicted molar refractivity (Wildman–Crippen MR) is 49.2 cm³/mol. The lowest BCUT2D eigenvalue weighted by Crippen LogP contribution is -3.18. The van der Waals surface area contributed by atoms with Crippen LogP contribution in [0, 0.1) is 0 Å². The van der Waals surface area contributed by atoms with Crippen LogP contribution in [0.2, 0.25) is 0 Å². The molecule has 2 nitrogen and oxygen atoms in total. The smallest absolute Gasteiger partial charge is 0.140 e. The van der Waals surface area contributed by atoms with Gasteiger partial charge >= 0.3 is 0 Å². The highest BCUT2D eigenvalue weighted by molar-refractivity contribution is 4.72. The van der Waals surface area contributed by atoms with Crippen LogP contribution in [0.15, 0.2) is 0 Å². The summed E-state index contributed by atoms with van der Waals surface area (Å²) in [6.07, 6.45) is 7.34. The van der Waals surface area contributed by atoms with E-state index in [9.17, 15) is 0 Å². The van der Waals surface area contributed by atoms with Crippen LogP contribution >= 0.6 is 0 Å². The average molecular weight is 170 g/mol. The van der Waals surface area contributed by atoms with E-state index >= 15 is 0 Å². The van der Waals surface area contributed by atoms with E-state index < -0.39 is 0 Å². The minimum atomic E-state index is 0.963. The lowest BCUT2D eigenvalue weighted by molar-refractivity contribution is -0.931. The first-order chi connectivity index (χ1) is 5.88. The molecule has 0 bridgehead atoms. The van der Waals surface area contributed by atoms with Crippen molar-refractivity contribution in [1.82, 2.24) is 0 Å². The molecular formula is C10H22N2+2. The number of rotatable bonds is 1. The molecule has 0 radical (unpaired) electrons. The molecule has 2 aliphatic heterocycles. The number of nitrogens with one attached hydrogen (secondary N) is 1. The molecule has 2 heterocycles. The van der Waals surface area contributed by atoms with Crippen molar-refractivity contribution in [3.05, 3.63) is 0 Å². The number of likely N-dealkylation sites (tertiary alicyclic amines) is 1. The zero-order valence-corrected chi connectivity index (χ0v) is 8.18. The summed E-state index contributed by atoms with van der Waals surface area (Å²) in [6, 6.07) is 1.94. The van der Waals surface area contributed by atoms with Gasteiger partial charge in [0.2, 0.25) is 0 Å². The van der Waals surface area contributed by atoms with Crippen LogP contribution < -0.4 is 10.2 Å². The number of piperidine rings is 1. The first kappa shape index (κ1) is 8.52. The highest BCUT2D eigenvalue weighted by Gasteiger charge is 2.35. The Bertz CT molecular complexity index is 141. The van der Waals surface area contributed by atoms with Crippen molar-refractivity contribution < 1.29 is 10.2 Å². The summed E-state index contributed by atoms with van der Waals surface area (Å²) in [5.74, 6) is 0. The van der Waals surface area contributed by atoms with E-state index in [4.69, 9.17) is 0 Å². The maximum atomic E-state index is 2.58. The highest BCUT2D eigenvalue weighted by Crippen LogP contribution is 2.09. The van der Waals surface area contributed by atoms with Gasteiger partial charge in [-0.2, -0.15) is 0 Å². The van der Waals surface area contributed by atoms with Gasteiger partial charge in [-0.25, -0.2) is 0 Å². The molecule has 3 N–H and O–H groups in total. The molecule has 1 unspecified atom stereocenters. The summed E-state index contributed by atoms with van der Waals surface area (Å²) in [4.78, 5) is 1.80. The molecule has 0 amide bonds. The Hall–Kier alpha value is -0.0800. The van der Waals surface area contributed by atoms with Crippen LogP contribution in [-0.2, 0) is 0 Å². The molecule has 0 aromatic rings. The van der Waals surface area contributed by atoms with Crippen LogP contribution in [-0.4, -0.2) is 32.2 Å². The molecule has 2 fully saturated rings. The third-order valence-electron chi connectivity index (χ3n) is 3.70. The standard InChI is InChI=1S/C10H20N2/c1-12-8-3-2-6-10(12)9-5-4-7-11-9/h9-11H,2-8H2,1H3/p+2/t9-,10-/m0/s1. The van der Waals surface area contributed by atoms with Crippen LogP contribution in [0.1, 0.15) is 32.1 Å². The van der Waals surface area contributed by atoms with Crippen molar-refractivity contribution in [1.29, 1.82) is 0 Å². The topological polar surface area (TPSA) is 21.1 Å². The Balaban J connectivity index is 1.91. The fourth-order valence-electron chi connectivity index (χ4n) is 2.95. The normalized spacial score (nSPS) is 43.2. The van der Waals surface area contributed by atoms with Gasteiger partial charge in [0.05, 0.1) is 20.1 Å². The molecule has 2 saturated heterocycles. The summed E-state index contributed by atoms with van der Waals surface area (Å²) in [6.45, 7) is 2.80. The van der Waals surface area contributed by atoms with E-state index in [-0.39, 0.29) is 0 Å². The first-order valence-electron chi connectivity index (χ1n) is 5.53.